The highest BCUT2D eigenvalue weighted by molar-refractivity contribution is 6.32. The number of imidazole rings is 1. The predicted octanol–water partition coefficient (Wildman–Crippen LogP) is 4.79. The van der Waals surface area contributed by atoms with E-state index in [0.717, 1.165) is 48.2 Å². The molecule has 3 N–H and O–H groups in total. The molecule has 7 heteroatoms. The maximum absolute atomic E-state index is 6.50. The number of aromatic nitrogens is 4. The van der Waals surface area contributed by atoms with Gasteiger partial charge in [-0.3, -0.25) is 4.40 Å². The van der Waals surface area contributed by atoms with Crippen LogP contribution in [-0.4, -0.2) is 31.4 Å². The molecule has 1 aromatic carbocycles. The first-order valence-corrected chi connectivity index (χ1v) is 10.6. The van der Waals surface area contributed by atoms with E-state index in [0.29, 0.717) is 28.7 Å². The lowest BCUT2D eigenvalue weighted by molar-refractivity contribution is 0.410. The van der Waals surface area contributed by atoms with E-state index in [-0.39, 0.29) is 0 Å². The molecule has 3 heterocycles. The van der Waals surface area contributed by atoms with Gasteiger partial charge in [0.25, 0.3) is 0 Å². The highest BCUT2D eigenvalue weighted by Crippen LogP contribution is 2.29. The third-order valence-corrected chi connectivity index (χ3v) is 5.98. The van der Waals surface area contributed by atoms with Crippen molar-refractivity contribution in [2.75, 3.05) is 5.32 Å². The number of nitrogens with one attached hydrogen (secondary N) is 1. The van der Waals surface area contributed by atoms with E-state index >= 15 is 0 Å². The molecular weight excluding hydrogens is 396 g/mol. The van der Waals surface area contributed by atoms with Gasteiger partial charge in [-0.15, -0.1) is 0 Å². The average molecular weight is 419 g/mol. The zero-order valence-electron chi connectivity index (χ0n) is 16.5. The SMILES string of the molecule is N[C@H]1CC[C@H](Nc2ncc(Cl)c(-c3cnc4ccc(-c5ccccc5)cn34)n2)CC1. The molecule has 0 unspecified atom stereocenters. The van der Waals surface area contributed by atoms with E-state index in [2.05, 4.69) is 39.7 Å². The fourth-order valence-corrected chi connectivity index (χ4v) is 4.21. The summed E-state index contributed by atoms with van der Waals surface area (Å²) in [4.78, 5) is 13.7. The molecule has 30 heavy (non-hydrogen) atoms. The van der Waals surface area contributed by atoms with Gasteiger partial charge in [-0.1, -0.05) is 41.9 Å². The zero-order chi connectivity index (χ0) is 20.5. The first-order valence-electron chi connectivity index (χ1n) is 10.2. The van der Waals surface area contributed by atoms with Gasteiger partial charge in [-0.2, -0.15) is 0 Å². The number of benzene rings is 1. The van der Waals surface area contributed by atoms with Gasteiger partial charge >= 0.3 is 0 Å². The zero-order valence-corrected chi connectivity index (χ0v) is 17.3. The second-order valence-electron chi connectivity index (χ2n) is 7.80. The predicted molar refractivity (Wildman–Crippen MR) is 121 cm³/mol. The van der Waals surface area contributed by atoms with Crippen LogP contribution >= 0.6 is 11.6 Å². The highest BCUT2D eigenvalue weighted by Gasteiger charge is 2.20. The molecule has 6 nitrogen and oxygen atoms in total. The van der Waals surface area contributed by atoms with Crippen LogP contribution in [0.2, 0.25) is 5.02 Å². The molecule has 0 aliphatic heterocycles. The first-order chi connectivity index (χ1) is 14.7. The summed E-state index contributed by atoms with van der Waals surface area (Å²) in [6, 6.07) is 15.0. The summed E-state index contributed by atoms with van der Waals surface area (Å²) in [5.41, 5.74) is 10.6. The van der Waals surface area contributed by atoms with Crippen LogP contribution in [-0.2, 0) is 0 Å². The minimum atomic E-state index is 0.307. The summed E-state index contributed by atoms with van der Waals surface area (Å²) in [6.07, 6.45) is 9.63. The molecule has 1 aliphatic carbocycles. The molecule has 0 bridgehead atoms. The number of pyridine rings is 1. The van der Waals surface area contributed by atoms with Crippen molar-refractivity contribution in [3.8, 4) is 22.5 Å². The van der Waals surface area contributed by atoms with Gasteiger partial charge < -0.3 is 11.1 Å². The first kappa shape index (κ1) is 19.0. The van der Waals surface area contributed by atoms with Gasteiger partial charge in [0, 0.05) is 18.3 Å². The molecule has 152 valence electrons. The van der Waals surface area contributed by atoms with Crippen molar-refractivity contribution in [2.24, 2.45) is 5.73 Å². The lowest BCUT2D eigenvalue weighted by Crippen LogP contribution is -2.33. The van der Waals surface area contributed by atoms with Crippen LogP contribution < -0.4 is 11.1 Å². The smallest absolute Gasteiger partial charge is 0.223 e. The molecule has 3 aromatic heterocycles. The summed E-state index contributed by atoms with van der Waals surface area (Å²) >= 11 is 6.50. The molecule has 1 aliphatic rings. The molecule has 0 atom stereocenters. The van der Waals surface area contributed by atoms with E-state index in [1.165, 1.54) is 0 Å². The van der Waals surface area contributed by atoms with Crippen molar-refractivity contribution in [2.45, 2.75) is 37.8 Å². The van der Waals surface area contributed by atoms with Crippen LogP contribution in [0.5, 0.6) is 0 Å². The Hall–Kier alpha value is -2.96. The van der Waals surface area contributed by atoms with E-state index in [9.17, 15) is 0 Å². The monoisotopic (exact) mass is 418 g/mol. The van der Waals surface area contributed by atoms with Crippen LogP contribution in [0, 0.1) is 0 Å². The Labute approximate surface area is 180 Å². The number of fused-ring (bicyclic) bond motifs is 1. The molecule has 5 rings (SSSR count). The average Bonchev–Trinajstić information content (AvgIpc) is 3.20. The number of nitrogens with zero attached hydrogens (tertiary/aromatic N) is 4. The minimum absolute atomic E-state index is 0.307. The van der Waals surface area contributed by atoms with Crippen LogP contribution in [0.3, 0.4) is 0 Å². The normalized spacial score (nSPS) is 19.1. The van der Waals surface area contributed by atoms with Crippen molar-refractivity contribution in [1.82, 2.24) is 19.4 Å². The number of anilines is 1. The van der Waals surface area contributed by atoms with Crippen molar-refractivity contribution >= 4 is 23.2 Å². The fourth-order valence-electron chi connectivity index (χ4n) is 4.02. The van der Waals surface area contributed by atoms with Gasteiger partial charge in [-0.25, -0.2) is 15.0 Å². The molecule has 4 aromatic rings. The minimum Gasteiger partial charge on any atom is -0.351 e. The maximum Gasteiger partial charge on any atom is 0.223 e. The van der Waals surface area contributed by atoms with Crippen LogP contribution in [0.15, 0.2) is 61.1 Å². The Morgan fingerprint density at radius 2 is 1.73 bits per heavy atom. The Kier molecular flexibility index (Phi) is 5.11. The standard InChI is InChI=1S/C23H23ClN6/c24-19-12-27-23(28-18-9-7-17(25)8-10-18)29-22(19)20-13-26-21-11-6-16(14-30(20)21)15-4-2-1-3-5-15/h1-6,11-14,17-18H,7-10,25H2,(H,27,28,29)/t17-,18-. The summed E-state index contributed by atoms with van der Waals surface area (Å²) in [5, 5.41) is 3.95. The number of rotatable bonds is 4. The molecule has 1 saturated carbocycles. The van der Waals surface area contributed by atoms with Crippen molar-refractivity contribution < 1.29 is 0 Å². The third kappa shape index (κ3) is 3.76. The fraction of sp³-hybridized carbons (Fsp3) is 0.261. The van der Waals surface area contributed by atoms with Crippen LogP contribution in [0.25, 0.3) is 28.2 Å². The largest absolute Gasteiger partial charge is 0.351 e. The number of hydrogen-bond acceptors (Lipinski definition) is 5. The summed E-state index contributed by atoms with van der Waals surface area (Å²) in [5.74, 6) is 0.587. The number of nitrogens with two attached hydrogens (primary N) is 1. The molecule has 0 saturated heterocycles. The van der Waals surface area contributed by atoms with Crippen molar-refractivity contribution in [3.05, 3.63) is 66.1 Å². The van der Waals surface area contributed by atoms with Crippen LogP contribution in [0.4, 0.5) is 5.95 Å². The van der Waals surface area contributed by atoms with Crippen molar-refractivity contribution in [1.29, 1.82) is 0 Å². The lowest BCUT2D eigenvalue weighted by Gasteiger charge is -2.26. The van der Waals surface area contributed by atoms with E-state index in [4.69, 9.17) is 22.3 Å². The third-order valence-electron chi connectivity index (χ3n) is 5.70. The molecule has 0 radical (unpaired) electrons. The highest BCUT2D eigenvalue weighted by atomic mass is 35.5. The second-order valence-corrected chi connectivity index (χ2v) is 8.21. The lowest BCUT2D eigenvalue weighted by atomic mass is 9.92. The molecule has 0 amide bonds. The number of hydrogen-bond donors (Lipinski definition) is 2. The van der Waals surface area contributed by atoms with Gasteiger partial charge in [0.1, 0.15) is 11.3 Å². The number of halogens is 1. The topological polar surface area (TPSA) is 81.1 Å². The Morgan fingerprint density at radius 3 is 2.53 bits per heavy atom. The molecule has 0 spiro atoms. The summed E-state index contributed by atoms with van der Waals surface area (Å²) in [6.45, 7) is 0. The van der Waals surface area contributed by atoms with Gasteiger partial charge in [-0.05, 0) is 48.9 Å². The molecular formula is C23H23ClN6. The van der Waals surface area contributed by atoms with Crippen molar-refractivity contribution in [3.63, 3.8) is 0 Å². The van der Waals surface area contributed by atoms with Crippen LogP contribution in [0.1, 0.15) is 25.7 Å². The van der Waals surface area contributed by atoms with E-state index in [1.54, 1.807) is 6.20 Å². The van der Waals surface area contributed by atoms with E-state index < -0.39 is 0 Å². The second kappa shape index (κ2) is 8.05. The summed E-state index contributed by atoms with van der Waals surface area (Å²) in [7, 11) is 0. The quantitative estimate of drug-likeness (QED) is 0.497. The molecule has 1 fully saturated rings. The Bertz CT molecular complexity index is 1170. The Morgan fingerprint density at radius 1 is 0.933 bits per heavy atom. The van der Waals surface area contributed by atoms with Gasteiger partial charge in [0.2, 0.25) is 5.95 Å². The van der Waals surface area contributed by atoms with Gasteiger partial charge in [0.05, 0.1) is 23.1 Å². The maximum atomic E-state index is 6.50. The van der Waals surface area contributed by atoms with Gasteiger partial charge in [0.15, 0.2) is 0 Å². The summed E-state index contributed by atoms with van der Waals surface area (Å²) < 4.78 is 2.03. The van der Waals surface area contributed by atoms with E-state index in [1.807, 2.05) is 34.9 Å². The Balaban J connectivity index is 1.50.